The monoisotopic (exact) mass is 357 g/mol. The van der Waals surface area contributed by atoms with Crippen molar-refractivity contribution in [3.05, 3.63) is 53.7 Å². The van der Waals surface area contributed by atoms with Crippen LogP contribution in [0.1, 0.15) is 16.1 Å². The van der Waals surface area contributed by atoms with Crippen LogP contribution in [0.3, 0.4) is 0 Å². The van der Waals surface area contributed by atoms with Crippen molar-refractivity contribution in [3.63, 3.8) is 0 Å². The SMILES string of the molecule is O=CN1CCN(c2cc(C(=O)NCCc3ccc(F)cc3)ncn2)CC1. The molecule has 0 spiro atoms. The molecule has 8 heteroatoms. The molecule has 1 aromatic carbocycles. The predicted octanol–water partition coefficient (Wildman–Crippen LogP) is 0.867. The van der Waals surface area contributed by atoms with Crippen molar-refractivity contribution in [3.8, 4) is 0 Å². The average Bonchev–Trinajstić information content (AvgIpc) is 2.69. The first-order valence-corrected chi connectivity index (χ1v) is 8.44. The van der Waals surface area contributed by atoms with Gasteiger partial charge >= 0.3 is 0 Å². The highest BCUT2D eigenvalue weighted by Gasteiger charge is 2.18. The van der Waals surface area contributed by atoms with Crippen molar-refractivity contribution in [2.24, 2.45) is 0 Å². The van der Waals surface area contributed by atoms with Crippen molar-refractivity contribution >= 4 is 18.1 Å². The lowest BCUT2D eigenvalue weighted by molar-refractivity contribution is -0.118. The van der Waals surface area contributed by atoms with E-state index in [1.807, 2.05) is 4.90 Å². The Bertz CT molecular complexity index is 760. The molecule has 0 atom stereocenters. The van der Waals surface area contributed by atoms with E-state index in [1.165, 1.54) is 18.5 Å². The molecule has 3 rings (SSSR count). The highest BCUT2D eigenvalue weighted by Crippen LogP contribution is 2.13. The van der Waals surface area contributed by atoms with Crippen LogP contribution in [-0.4, -0.2) is 59.9 Å². The van der Waals surface area contributed by atoms with Crippen LogP contribution in [0, 0.1) is 5.82 Å². The van der Waals surface area contributed by atoms with Gasteiger partial charge in [-0.3, -0.25) is 9.59 Å². The van der Waals surface area contributed by atoms with Gasteiger partial charge in [0.2, 0.25) is 6.41 Å². The number of hydrogen-bond acceptors (Lipinski definition) is 5. The number of amides is 2. The molecular formula is C18H20FN5O2. The highest BCUT2D eigenvalue weighted by atomic mass is 19.1. The normalized spacial score (nSPS) is 14.2. The fourth-order valence-electron chi connectivity index (χ4n) is 2.76. The number of piperazine rings is 1. The molecule has 2 heterocycles. The molecule has 1 aliphatic heterocycles. The van der Waals surface area contributed by atoms with E-state index < -0.39 is 0 Å². The number of benzene rings is 1. The average molecular weight is 357 g/mol. The summed E-state index contributed by atoms with van der Waals surface area (Å²) in [5, 5.41) is 2.81. The molecule has 26 heavy (non-hydrogen) atoms. The number of aromatic nitrogens is 2. The van der Waals surface area contributed by atoms with Crippen LogP contribution in [0.4, 0.5) is 10.2 Å². The van der Waals surface area contributed by atoms with Gasteiger partial charge in [0.1, 0.15) is 23.7 Å². The molecule has 0 aliphatic carbocycles. The molecule has 1 saturated heterocycles. The topological polar surface area (TPSA) is 78.4 Å². The minimum absolute atomic E-state index is 0.276. The Morgan fingerprint density at radius 2 is 1.88 bits per heavy atom. The van der Waals surface area contributed by atoms with Gasteiger partial charge in [0, 0.05) is 38.8 Å². The smallest absolute Gasteiger partial charge is 0.270 e. The largest absolute Gasteiger partial charge is 0.353 e. The molecule has 1 aliphatic rings. The summed E-state index contributed by atoms with van der Waals surface area (Å²) in [6.07, 6.45) is 2.82. The quantitative estimate of drug-likeness (QED) is 0.776. The van der Waals surface area contributed by atoms with Gasteiger partial charge in [0.25, 0.3) is 5.91 Å². The standard InChI is InChI=1S/C18H20FN5O2/c19-15-3-1-14(2-4-15)5-6-20-18(26)16-11-17(22-12-21-16)24-9-7-23(13-25)8-10-24/h1-4,11-13H,5-10H2,(H,20,26). The fourth-order valence-corrected chi connectivity index (χ4v) is 2.76. The molecule has 0 bridgehead atoms. The third-order valence-electron chi connectivity index (χ3n) is 4.29. The van der Waals surface area contributed by atoms with Crippen molar-refractivity contribution in [2.45, 2.75) is 6.42 Å². The summed E-state index contributed by atoms with van der Waals surface area (Å²) in [6, 6.07) is 7.85. The predicted molar refractivity (Wildman–Crippen MR) is 94.3 cm³/mol. The van der Waals surface area contributed by atoms with Gasteiger partial charge in [-0.1, -0.05) is 12.1 Å². The van der Waals surface area contributed by atoms with Crippen LogP contribution in [0.5, 0.6) is 0 Å². The van der Waals surface area contributed by atoms with E-state index in [-0.39, 0.29) is 11.7 Å². The molecule has 0 unspecified atom stereocenters. The number of carbonyl (C=O) groups excluding carboxylic acids is 2. The molecule has 136 valence electrons. The molecule has 7 nitrogen and oxygen atoms in total. The molecule has 2 aromatic rings. The number of rotatable bonds is 6. The van der Waals surface area contributed by atoms with E-state index in [0.717, 1.165) is 12.0 Å². The summed E-state index contributed by atoms with van der Waals surface area (Å²) in [4.78, 5) is 35.1. The van der Waals surface area contributed by atoms with Gasteiger partial charge < -0.3 is 15.1 Å². The molecule has 2 amide bonds. The maximum absolute atomic E-state index is 12.9. The van der Waals surface area contributed by atoms with E-state index in [0.29, 0.717) is 50.7 Å². The minimum atomic E-state index is -0.278. The number of nitrogens with one attached hydrogen (secondary N) is 1. The van der Waals surface area contributed by atoms with Crippen LogP contribution in [-0.2, 0) is 11.2 Å². The summed E-state index contributed by atoms with van der Waals surface area (Å²) in [7, 11) is 0. The second-order valence-electron chi connectivity index (χ2n) is 6.02. The van der Waals surface area contributed by atoms with E-state index in [9.17, 15) is 14.0 Å². The van der Waals surface area contributed by atoms with Gasteiger partial charge in [0.05, 0.1) is 0 Å². The van der Waals surface area contributed by atoms with E-state index in [1.54, 1.807) is 23.1 Å². The maximum atomic E-state index is 12.9. The zero-order chi connectivity index (χ0) is 18.4. The molecular weight excluding hydrogens is 337 g/mol. The summed E-state index contributed by atoms with van der Waals surface area (Å²) < 4.78 is 12.9. The lowest BCUT2D eigenvalue weighted by Gasteiger charge is -2.33. The van der Waals surface area contributed by atoms with Crippen LogP contribution >= 0.6 is 0 Å². The first kappa shape index (κ1) is 17.8. The number of carbonyl (C=O) groups is 2. The second kappa shape index (κ2) is 8.37. The van der Waals surface area contributed by atoms with Crippen LogP contribution in [0.2, 0.25) is 0 Å². The lowest BCUT2D eigenvalue weighted by atomic mass is 10.1. The fraction of sp³-hybridized carbons (Fsp3) is 0.333. The number of anilines is 1. The van der Waals surface area contributed by atoms with Crippen LogP contribution in [0.25, 0.3) is 0 Å². The summed E-state index contributed by atoms with van der Waals surface area (Å²) in [5.41, 5.74) is 1.25. The molecule has 1 aromatic heterocycles. The van der Waals surface area contributed by atoms with Gasteiger partial charge in [-0.05, 0) is 24.1 Å². The number of halogens is 1. The van der Waals surface area contributed by atoms with Crippen molar-refractivity contribution in [1.82, 2.24) is 20.2 Å². The maximum Gasteiger partial charge on any atom is 0.270 e. The third-order valence-corrected chi connectivity index (χ3v) is 4.29. The second-order valence-corrected chi connectivity index (χ2v) is 6.02. The molecule has 1 fully saturated rings. The summed E-state index contributed by atoms with van der Waals surface area (Å²) in [6.45, 7) is 3.03. The minimum Gasteiger partial charge on any atom is -0.353 e. The molecule has 0 saturated carbocycles. The summed E-state index contributed by atoms with van der Waals surface area (Å²) in [5.74, 6) is 0.122. The Kier molecular flexibility index (Phi) is 5.73. The first-order chi connectivity index (χ1) is 12.7. The van der Waals surface area contributed by atoms with Crippen LogP contribution < -0.4 is 10.2 Å². The van der Waals surface area contributed by atoms with Crippen molar-refractivity contribution in [2.75, 3.05) is 37.6 Å². The van der Waals surface area contributed by atoms with E-state index in [2.05, 4.69) is 15.3 Å². The highest BCUT2D eigenvalue weighted by molar-refractivity contribution is 5.92. The van der Waals surface area contributed by atoms with Gasteiger partial charge in [-0.25, -0.2) is 14.4 Å². The zero-order valence-electron chi connectivity index (χ0n) is 14.3. The zero-order valence-corrected chi connectivity index (χ0v) is 14.3. The van der Waals surface area contributed by atoms with Gasteiger partial charge in [0.15, 0.2) is 0 Å². The lowest BCUT2D eigenvalue weighted by Crippen LogP contribution is -2.46. The Morgan fingerprint density at radius 1 is 1.15 bits per heavy atom. The molecule has 1 N–H and O–H groups in total. The first-order valence-electron chi connectivity index (χ1n) is 8.44. The van der Waals surface area contributed by atoms with Crippen molar-refractivity contribution < 1.29 is 14.0 Å². The van der Waals surface area contributed by atoms with Crippen LogP contribution in [0.15, 0.2) is 36.7 Å². The number of nitrogens with zero attached hydrogens (tertiary/aromatic N) is 4. The third kappa shape index (κ3) is 4.53. The molecule has 0 radical (unpaired) electrons. The Hall–Kier alpha value is -3.03. The van der Waals surface area contributed by atoms with Gasteiger partial charge in [-0.15, -0.1) is 0 Å². The summed E-state index contributed by atoms with van der Waals surface area (Å²) >= 11 is 0. The Morgan fingerprint density at radius 3 is 2.58 bits per heavy atom. The Labute approximate surface area is 150 Å². The Balaban J connectivity index is 1.54. The van der Waals surface area contributed by atoms with E-state index in [4.69, 9.17) is 0 Å². The number of hydrogen-bond donors (Lipinski definition) is 1. The van der Waals surface area contributed by atoms with E-state index >= 15 is 0 Å². The van der Waals surface area contributed by atoms with Gasteiger partial charge in [-0.2, -0.15) is 0 Å². The van der Waals surface area contributed by atoms with Crippen molar-refractivity contribution in [1.29, 1.82) is 0 Å².